The molecular weight excluding hydrogens is 246 g/mol. The van der Waals surface area contributed by atoms with Crippen molar-refractivity contribution in [3.05, 3.63) is 71.8 Å². The van der Waals surface area contributed by atoms with Crippen LogP contribution in [0, 0.1) is 0 Å². The van der Waals surface area contributed by atoms with Crippen molar-refractivity contribution in [3.8, 4) is 0 Å². The zero-order valence-electron chi connectivity index (χ0n) is 11.9. The van der Waals surface area contributed by atoms with E-state index in [1.807, 2.05) is 12.1 Å². The quantitative estimate of drug-likeness (QED) is 0.912. The highest BCUT2D eigenvalue weighted by molar-refractivity contribution is 5.16. The number of benzene rings is 2. The number of nitrogens with one attached hydrogen (secondary N) is 1. The van der Waals surface area contributed by atoms with E-state index in [1.165, 1.54) is 24.0 Å². The molecule has 0 unspecified atom stereocenters. The minimum absolute atomic E-state index is 0.926. The second kappa shape index (κ2) is 9.29. The molecule has 0 aromatic heterocycles. The van der Waals surface area contributed by atoms with Crippen molar-refractivity contribution < 1.29 is 4.74 Å². The predicted octanol–water partition coefficient (Wildman–Crippen LogP) is 3.77. The first kappa shape index (κ1) is 14.8. The van der Waals surface area contributed by atoms with Crippen molar-refractivity contribution in [2.24, 2.45) is 0 Å². The standard InChI is InChI=1S/C14H15N.C4H8O/c1-3-7-13(8-4-1)11-15-12-14-9-5-2-6-10-14;1-2-4-5-3-1/h1-10,15H,11-12H2;1-4H2. The van der Waals surface area contributed by atoms with E-state index in [4.69, 9.17) is 4.74 Å². The van der Waals surface area contributed by atoms with E-state index in [1.54, 1.807) is 0 Å². The van der Waals surface area contributed by atoms with Crippen molar-refractivity contribution in [3.63, 3.8) is 0 Å². The van der Waals surface area contributed by atoms with Gasteiger partial charge in [0.25, 0.3) is 0 Å². The third-order valence-electron chi connectivity index (χ3n) is 3.17. The van der Waals surface area contributed by atoms with E-state index >= 15 is 0 Å². The Morgan fingerprint density at radius 2 is 1.15 bits per heavy atom. The van der Waals surface area contributed by atoms with Crippen LogP contribution in [0.5, 0.6) is 0 Å². The maximum absolute atomic E-state index is 4.94. The van der Waals surface area contributed by atoms with Gasteiger partial charge in [-0.3, -0.25) is 0 Å². The van der Waals surface area contributed by atoms with E-state index in [-0.39, 0.29) is 0 Å². The Bertz CT molecular complexity index is 404. The summed E-state index contributed by atoms with van der Waals surface area (Å²) < 4.78 is 4.94. The van der Waals surface area contributed by atoms with Crippen LogP contribution in [0.4, 0.5) is 0 Å². The maximum atomic E-state index is 4.94. The molecule has 2 aromatic carbocycles. The summed E-state index contributed by atoms with van der Waals surface area (Å²) in [5, 5.41) is 3.42. The normalized spacial score (nSPS) is 13.6. The molecule has 0 bridgehead atoms. The van der Waals surface area contributed by atoms with Crippen molar-refractivity contribution >= 4 is 0 Å². The molecule has 2 nitrogen and oxygen atoms in total. The Hall–Kier alpha value is -1.64. The summed E-state index contributed by atoms with van der Waals surface area (Å²) in [6.07, 6.45) is 2.56. The number of hydrogen-bond acceptors (Lipinski definition) is 2. The zero-order chi connectivity index (χ0) is 13.9. The molecule has 2 heteroatoms. The number of rotatable bonds is 4. The molecule has 1 aliphatic rings. The molecule has 20 heavy (non-hydrogen) atoms. The van der Waals surface area contributed by atoms with Crippen molar-refractivity contribution in [2.75, 3.05) is 13.2 Å². The van der Waals surface area contributed by atoms with Gasteiger partial charge < -0.3 is 10.1 Å². The second-order valence-electron chi connectivity index (χ2n) is 4.89. The number of hydrogen-bond donors (Lipinski definition) is 1. The van der Waals surface area contributed by atoms with Crippen LogP contribution in [0.15, 0.2) is 60.7 Å². The molecule has 1 saturated heterocycles. The lowest BCUT2D eigenvalue weighted by molar-refractivity contribution is 0.198. The van der Waals surface area contributed by atoms with Gasteiger partial charge >= 0.3 is 0 Å². The van der Waals surface area contributed by atoms with Crippen molar-refractivity contribution in [1.29, 1.82) is 0 Å². The smallest absolute Gasteiger partial charge is 0.0466 e. The topological polar surface area (TPSA) is 21.3 Å². The Morgan fingerprint density at radius 1 is 0.700 bits per heavy atom. The van der Waals surface area contributed by atoms with E-state index < -0.39 is 0 Å². The van der Waals surface area contributed by atoms with Gasteiger partial charge in [-0.2, -0.15) is 0 Å². The molecule has 0 aliphatic carbocycles. The van der Waals surface area contributed by atoms with Gasteiger partial charge in [0.15, 0.2) is 0 Å². The van der Waals surface area contributed by atoms with Gasteiger partial charge in [0.05, 0.1) is 0 Å². The lowest BCUT2D eigenvalue weighted by atomic mass is 10.2. The minimum Gasteiger partial charge on any atom is -0.381 e. The Balaban J connectivity index is 0.000000247. The largest absolute Gasteiger partial charge is 0.381 e. The monoisotopic (exact) mass is 269 g/mol. The molecule has 0 amide bonds. The highest BCUT2D eigenvalue weighted by atomic mass is 16.5. The van der Waals surface area contributed by atoms with Crippen molar-refractivity contribution in [2.45, 2.75) is 25.9 Å². The summed E-state index contributed by atoms with van der Waals surface area (Å²) in [5.74, 6) is 0. The van der Waals surface area contributed by atoms with Crippen LogP contribution in [-0.2, 0) is 17.8 Å². The zero-order valence-corrected chi connectivity index (χ0v) is 11.9. The maximum Gasteiger partial charge on any atom is 0.0466 e. The fourth-order valence-electron chi connectivity index (χ4n) is 2.05. The molecular formula is C18H23NO. The number of ether oxygens (including phenoxy) is 1. The second-order valence-corrected chi connectivity index (χ2v) is 4.89. The van der Waals surface area contributed by atoms with Crippen LogP contribution >= 0.6 is 0 Å². The first-order valence-electron chi connectivity index (χ1n) is 7.31. The summed E-state index contributed by atoms with van der Waals surface area (Å²) in [4.78, 5) is 0. The molecule has 0 atom stereocenters. The fourth-order valence-corrected chi connectivity index (χ4v) is 2.05. The molecule has 3 rings (SSSR count). The van der Waals surface area contributed by atoms with Gasteiger partial charge in [0.1, 0.15) is 0 Å². The molecule has 1 aliphatic heterocycles. The van der Waals surface area contributed by atoms with E-state index in [9.17, 15) is 0 Å². The molecule has 2 aromatic rings. The minimum atomic E-state index is 0.926. The lowest BCUT2D eigenvalue weighted by Crippen LogP contribution is -2.12. The molecule has 1 N–H and O–H groups in total. The van der Waals surface area contributed by atoms with E-state index in [2.05, 4.69) is 53.8 Å². The first-order chi connectivity index (χ1) is 9.95. The van der Waals surface area contributed by atoms with Crippen LogP contribution in [0.25, 0.3) is 0 Å². The Labute approximate surface area is 121 Å². The molecule has 0 saturated carbocycles. The van der Waals surface area contributed by atoms with Crippen LogP contribution in [0.2, 0.25) is 0 Å². The SMILES string of the molecule is C1CCOC1.c1ccc(CNCc2ccccc2)cc1. The van der Waals surface area contributed by atoms with E-state index in [0.29, 0.717) is 0 Å². The van der Waals surface area contributed by atoms with Gasteiger partial charge in [-0.15, -0.1) is 0 Å². The molecule has 106 valence electrons. The van der Waals surface area contributed by atoms with Crippen LogP contribution in [-0.4, -0.2) is 13.2 Å². The summed E-state index contributed by atoms with van der Waals surface area (Å²) in [5.41, 5.74) is 2.65. The highest BCUT2D eigenvalue weighted by Crippen LogP contribution is 2.00. The molecule has 0 radical (unpaired) electrons. The summed E-state index contributed by atoms with van der Waals surface area (Å²) in [7, 11) is 0. The molecule has 0 spiro atoms. The first-order valence-corrected chi connectivity index (χ1v) is 7.31. The van der Waals surface area contributed by atoms with Gasteiger partial charge in [-0.05, 0) is 24.0 Å². The van der Waals surface area contributed by atoms with Gasteiger partial charge in [0, 0.05) is 26.3 Å². The van der Waals surface area contributed by atoms with Gasteiger partial charge in [-0.25, -0.2) is 0 Å². The summed E-state index contributed by atoms with van der Waals surface area (Å²) >= 11 is 0. The Kier molecular flexibility index (Phi) is 6.86. The van der Waals surface area contributed by atoms with Gasteiger partial charge in [-0.1, -0.05) is 60.7 Å². The average molecular weight is 269 g/mol. The third kappa shape index (κ3) is 6.00. The van der Waals surface area contributed by atoms with E-state index in [0.717, 1.165) is 26.3 Å². The van der Waals surface area contributed by atoms with Crippen molar-refractivity contribution in [1.82, 2.24) is 5.32 Å². The van der Waals surface area contributed by atoms with Crippen LogP contribution < -0.4 is 5.32 Å². The summed E-state index contributed by atoms with van der Waals surface area (Å²) in [6, 6.07) is 20.9. The average Bonchev–Trinajstić information content (AvgIpc) is 3.09. The van der Waals surface area contributed by atoms with Crippen LogP contribution in [0.1, 0.15) is 24.0 Å². The summed E-state index contributed by atoms with van der Waals surface area (Å²) in [6.45, 7) is 3.85. The fraction of sp³-hybridized carbons (Fsp3) is 0.333. The predicted molar refractivity (Wildman–Crippen MR) is 83.5 cm³/mol. The molecule has 1 fully saturated rings. The lowest BCUT2D eigenvalue weighted by Gasteiger charge is -2.04. The Morgan fingerprint density at radius 3 is 1.50 bits per heavy atom. The highest BCUT2D eigenvalue weighted by Gasteiger charge is 1.94. The molecule has 1 heterocycles. The van der Waals surface area contributed by atoms with Gasteiger partial charge in [0.2, 0.25) is 0 Å². The third-order valence-corrected chi connectivity index (χ3v) is 3.17. The van der Waals surface area contributed by atoms with Crippen LogP contribution in [0.3, 0.4) is 0 Å².